The standard InChI is InChI=1S/C19H24N2O4S/c1-3-14-20-19(22)15-21(16-8-6-5-7-9-16)26(23,24)18-12-10-17(11-13-18)25-4-2/h5-13H,3-4,14-15H2,1-2H3,(H,20,22). The molecule has 0 aliphatic carbocycles. The monoisotopic (exact) mass is 376 g/mol. The number of para-hydroxylation sites is 1. The Morgan fingerprint density at radius 2 is 1.69 bits per heavy atom. The number of amides is 1. The molecule has 0 atom stereocenters. The molecule has 0 spiro atoms. The smallest absolute Gasteiger partial charge is 0.264 e. The van der Waals surface area contributed by atoms with E-state index in [4.69, 9.17) is 4.74 Å². The molecular weight excluding hydrogens is 352 g/mol. The molecule has 2 aromatic carbocycles. The van der Waals surface area contributed by atoms with Gasteiger partial charge in [0.05, 0.1) is 17.2 Å². The third-order valence-electron chi connectivity index (χ3n) is 3.63. The van der Waals surface area contributed by atoms with Crippen molar-refractivity contribution in [3.63, 3.8) is 0 Å². The molecule has 7 heteroatoms. The summed E-state index contributed by atoms with van der Waals surface area (Å²) in [5, 5.41) is 2.72. The average molecular weight is 376 g/mol. The lowest BCUT2D eigenvalue weighted by atomic mass is 10.3. The van der Waals surface area contributed by atoms with Gasteiger partial charge in [-0.05, 0) is 49.7 Å². The van der Waals surface area contributed by atoms with Crippen molar-refractivity contribution in [2.75, 3.05) is 24.0 Å². The largest absolute Gasteiger partial charge is 0.494 e. The Hall–Kier alpha value is -2.54. The van der Waals surface area contributed by atoms with E-state index in [1.54, 1.807) is 42.5 Å². The first-order valence-corrected chi connectivity index (χ1v) is 10.0. The summed E-state index contributed by atoms with van der Waals surface area (Å²) >= 11 is 0. The van der Waals surface area contributed by atoms with Crippen LogP contribution in [-0.2, 0) is 14.8 Å². The van der Waals surface area contributed by atoms with Crippen LogP contribution in [-0.4, -0.2) is 34.0 Å². The molecule has 2 rings (SSSR count). The van der Waals surface area contributed by atoms with Gasteiger partial charge < -0.3 is 10.1 Å². The molecule has 6 nitrogen and oxygen atoms in total. The van der Waals surface area contributed by atoms with Crippen LogP contribution in [0.2, 0.25) is 0 Å². The Kier molecular flexibility index (Phi) is 7.03. The Bertz CT molecular complexity index is 805. The Labute approximate surface area is 154 Å². The third-order valence-corrected chi connectivity index (χ3v) is 5.41. The molecule has 0 radical (unpaired) electrons. The average Bonchev–Trinajstić information content (AvgIpc) is 2.65. The molecule has 0 aromatic heterocycles. The second kappa shape index (κ2) is 9.24. The summed E-state index contributed by atoms with van der Waals surface area (Å²) in [7, 11) is -3.89. The Morgan fingerprint density at radius 1 is 1.04 bits per heavy atom. The summed E-state index contributed by atoms with van der Waals surface area (Å²) in [4.78, 5) is 12.3. The van der Waals surface area contributed by atoms with Gasteiger partial charge in [-0.3, -0.25) is 9.10 Å². The molecule has 0 saturated heterocycles. The van der Waals surface area contributed by atoms with Crippen molar-refractivity contribution < 1.29 is 17.9 Å². The normalized spacial score (nSPS) is 11.0. The summed E-state index contributed by atoms with van der Waals surface area (Å²) < 4.78 is 32.7. The number of carbonyl (C=O) groups is 1. The van der Waals surface area contributed by atoms with Gasteiger partial charge in [0.1, 0.15) is 12.3 Å². The Morgan fingerprint density at radius 3 is 2.27 bits per heavy atom. The van der Waals surface area contributed by atoms with Gasteiger partial charge in [-0.15, -0.1) is 0 Å². The van der Waals surface area contributed by atoms with Gasteiger partial charge in [-0.25, -0.2) is 8.42 Å². The van der Waals surface area contributed by atoms with Crippen LogP contribution in [0.15, 0.2) is 59.5 Å². The first kappa shape index (κ1) is 19.8. The van der Waals surface area contributed by atoms with Gasteiger partial charge in [0, 0.05) is 6.54 Å². The second-order valence-electron chi connectivity index (χ2n) is 5.60. The fraction of sp³-hybridized carbons (Fsp3) is 0.316. The summed E-state index contributed by atoms with van der Waals surface area (Å²) in [6.07, 6.45) is 0.780. The summed E-state index contributed by atoms with van der Waals surface area (Å²) in [6.45, 7) is 4.52. The molecular formula is C19H24N2O4S. The number of nitrogens with one attached hydrogen (secondary N) is 1. The highest BCUT2D eigenvalue weighted by atomic mass is 32.2. The number of hydrogen-bond acceptors (Lipinski definition) is 4. The van der Waals surface area contributed by atoms with E-state index in [0.29, 0.717) is 24.6 Å². The van der Waals surface area contributed by atoms with Gasteiger partial charge in [0.25, 0.3) is 10.0 Å². The molecule has 0 aliphatic rings. The number of anilines is 1. The van der Waals surface area contributed by atoms with Crippen LogP contribution in [0.5, 0.6) is 5.75 Å². The SMILES string of the molecule is CCCNC(=O)CN(c1ccccc1)S(=O)(=O)c1ccc(OCC)cc1. The molecule has 2 aromatic rings. The first-order valence-electron chi connectivity index (χ1n) is 8.56. The summed E-state index contributed by atoms with van der Waals surface area (Å²) in [5.74, 6) is 0.253. The van der Waals surface area contributed by atoms with Gasteiger partial charge in [0.15, 0.2) is 0 Å². The lowest BCUT2D eigenvalue weighted by Gasteiger charge is -2.24. The number of sulfonamides is 1. The van der Waals surface area contributed by atoms with Crippen molar-refractivity contribution in [1.82, 2.24) is 5.32 Å². The molecule has 140 valence electrons. The third kappa shape index (κ3) is 4.98. The zero-order valence-electron chi connectivity index (χ0n) is 15.0. The lowest BCUT2D eigenvalue weighted by Crippen LogP contribution is -2.41. The van der Waals surface area contributed by atoms with Crippen molar-refractivity contribution in [2.45, 2.75) is 25.2 Å². The topological polar surface area (TPSA) is 75.7 Å². The maximum absolute atomic E-state index is 13.1. The fourth-order valence-corrected chi connectivity index (χ4v) is 3.78. The molecule has 1 N–H and O–H groups in total. The van der Waals surface area contributed by atoms with E-state index < -0.39 is 10.0 Å². The van der Waals surface area contributed by atoms with Crippen molar-refractivity contribution in [3.05, 3.63) is 54.6 Å². The minimum atomic E-state index is -3.89. The molecule has 0 fully saturated rings. The fourth-order valence-electron chi connectivity index (χ4n) is 2.36. The number of ether oxygens (including phenoxy) is 1. The zero-order valence-corrected chi connectivity index (χ0v) is 15.8. The lowest BCUT2D eigenvalue weighted by molar-refractivity contribution is -0.119. The predicted octanol–water partition coefficient (Wildman–Crippen LogP) is 2.81. The van der Waals surface area contributed by atoms with Crippen LogP contribution in [0.3, 0.4) is 0 Å². The summed E-state index contributed by atoms with van der Waals surface area (Å²) in [5.41, 5.74) is 0.438. The number of carbonyl (C=O) groups excluding carboxylic acids is 1. The van der Waals surface area contributed by atoms with Crippen molar-refractivity contribution in [2.24, 2.45) is 0 Å². The molecule has 0 aliphatic heterocycles. The van der Waals surface area contributed by atoms with E-state index in [1.807, 2.05) is 13.8 Å². The zero-order chi connectivity index (χ0) is 19.0. The molecule has 0 bridgehead atoms. The van der Waals surface area contributed by atoms with E-state index in [0.717, 1.165) is 10.7 Å². The van der Waals surface area contributed by atoms with Crippen LogP contribution < -0.4 is 14.4 Å². The molecule has 0 heterocycles. The van der Waals surface area contributed by atoms with E-state index >= 15 is 0 Å². The number of nitrogens with zero attached hydrogens (tertiary/aromatic N) is 1. The second-order valence-corrected chi connectivity index (χ2v) is 7.46. The molecule has 0 unspecified atom stereocenters. The highest BCUT2D eigenvalue weighted by Gasteiger charge is 2.27. The quantitative estimate of drug-likeness (QED) is 0.730. The van der Waals surface area contributed by atoms with Crippen molar-refractivity contribution in [3.8, 4) is 5.75 Å². The van der Waals surface area contributed by atoms with Crippen LogP contribution >= 0.6 is 0 Å². The predicted molar refractivity (Wildman–Crippen MR) is 102 cm³/mol. The first-order chi connectivity index (χ1) is 12.5. The van der Waals surface area contributed by atoms with E-state index in [9.17, 15) is 13.2 Å². The maximum Gasteiger partial charge on any atom is 0.264 e. The highest BCUT2D eigenvalue weighted by molar-refractivity contribution is 7.92. The van der Waals surface area contributed by atoms with Gasteiger partial charge >= 0.3 is 0 Å². The number of benzene rings is 2. The maximum atomic E-state index is 13.1. The molecule has 0 saturated carbocycles. The van der Waals surface area contributed by atoms with Crippen molar-refractivity contribution in [1.29, 1.82) is 0 Å². The highest BCUT2D eigenvalue weighted by Crippen LogP contribution is 2.24. The van der Waals surface area contributed by atoms with Crippen molar-refractivity contribution >= 4 is 21.6 Å². The van der Waals surface area contributed by atoms with Crippen LogP contribution in [0.1, 0.15) is 20.3 Å². The number of rotatable bonds is 9. The van der Waals surface area contributed by atoms with Crippen LogP contribution in [0.4, 0.5) is 5.69 Å². The van der Waals surface area contributed by atoms with E-state index in [1.165, 1.54) is 12.1 Å². The Balaban J connectivity index is 2.34. The molecule has 26 heavy (non-hydrogen) atoms. The van der Waals surface area contributed by atoms with Gasteiger partial charge in [-0.1, -0.05) is 25.1 Å². The molecule has 1 amide bonds. The minimum Gasteiger partial charge on any atom is -0.494 e. The number of hydrogen-bond donors (Lipinski definition) is 1. The van der Waals surface area contributed by atoms with Crippen LogP contribution in [0.25, 0.3) is 0 Å². The van der Waals surface area contributed by atoms with E-state index in [-0.39, 0.29) is 17.3 Å². The van der Waals surface area contributed by atoms with Gasteiger partial charge in [-0.2, -0.15) is 0 Å². The van der Waals surface area contributed by atoms with Crippen LogP contribution in [0, 0.1) is 0 Å². The summed E-state index contributed by atoms with van der Waals surface area (Å²) in [6, 6.07) is 14.8. The van der Waals surface area contributed by atoms with E-state index in [2.05, 4.69) is 5.32 Å². The van der Waals surface area contributed by atoms with Gasteiger partial charge in [0.2, 0.25) is 5.91 Å². The minimum absolute atomic E-state index is 0.105.